The van der Waals surface area contributed by atoms with Crippen LogP contribution in [0, 0.1) is 0 Å². The van der Waals surface area contributed by atoms with Gasteiger partial charge in [-0.05, 0) is 53.1 Å². The number of nitrogens with zero attached hydrogens (tertiary/aromatic N) is 1. The number of para-hydroxylation sites is 1. The number of alkyl halides is 3. The molecule has 4 aromatic carbocycles. The van der Waals surface area contributed by atoms with Crippen LogP contribution in [0.3, 0.4) is 0 Å². The summed E-state index contributed by atoms with van der Waals surface area (Å²) in [5.41, 5.74) is 2.18. The van der Waals surface area contributed by atoms with E-state index in [4.69, 9.17) is 14.2 Å². The van der Waals surface area contributed by atoms with Gasteiger partial charge in [0.05, 0.1) is 12.1 Å². The molecule has 1 unspecified atom stereocenters. The van der Waals surface area contributed by atoms with Crippen molar-refractivity contribution in [3.05, 3.63) is 118 Å². The summed E-state index contributed by atoms with van der Waals surface area (Å²) < 4.78 is 55.6. The number of anilines is 1. The average Bonchev–Trinajstić information content (AvgIpc) is 3.67. The summed E-state index contributed by atoms with van der Waals surface area (Å²) in [6.07, 6.45) is -4.42. The van der Waals surface area contributed by atoms with Crippen LogP contribution < -0.4 is 24.4 Å². The van der Waals surface area contributed by atoms with Crippen LogP contribution >= 0.6 is 0 Å². The Labute approximate surface area is 238 Å². The lowest BCUT2D eigenvalue weighted by Crippen LogP contribution is -2.42. The zero-order valence-electron chi connectivity index (χ0n) is 22.0. The van der Waals surface area contributed by atoms with Crippen LogP contribution in [-0.4, -0.2) is 25.2 Å². The summed E-state index contributed by atoms with van der Waals surface area (Å²) >= 11 is 0. The fraction of sp³-hybridized carbons (Fsp3) is 0.188. The molecule has 3 aliphatic heterocycles. The first kappa shape index (κ1) is 25.9. The topological polar surface area (TPSA) is 77.1 Å². The van der Waals surface area contributed by atoms with Gasteiger partial charge >= 0.3 is 6.18 Å². The van der Waals surface area contributed by atoms with Crippen molar-refractivity contribution in [2.45, 2.75) is 24.7 Å². The highest BCUT2D eigenvalue weighted by atomic mass is 19.4. The Balaban J connectivity index is 1.12. The van der Waals surface area contributed by atoms with Crippen LogP contribution in [0.2, 0.25) is 0 Å². The number of hydrogen-bond acceptors (Lipinski definition) is 5. The van der Waals surface area contributed by atoms with Gasteiger partial charge in [0.15, 0.2) is 11.5 Å². The highest BCUT2D eigenvalue weighted by Gasteiger charge is 2.57. The molecule has 2 amide bonds. The lowest BCUT2D eigenvalue weighted by atomic mass is 9.77. The van der Waals surface area contributed by atoms with Gasteiger partial charge in [0, 0.05) is 29.4 Å². The van der Waals surface area contributed by atoms with Crippen LogP contribution in [0.5, 0.6) is 17.2 Å². The van der Waals surface area contributed by atoms with Gasteiger partial charge in [0.1, 0.15) is 17.8 Å². The lowest BCUT2D eigenvalue weighted by molar-refractivity contribution is -0.137. The number of nitrogens with one attached hydrogen (secondary N) is 1. The molecular formula is C32H23F3N2O5. The van der Waals surface area contributed by atoms with Crippen molar-refractivity contribution in [2.75, 3.05) is 18.3 Å². The van der Waals surface area contributed by atoms with Gasteiger partial charge in [-0.3, -0.25) is 9.59 Å². The number of carbonyl (C=O) groups excluding carboxylic acids is 2. The van der Waals surface area contributed by atoms with Crippen LogP contribution in [0.15, 0.2) is 84.9 Å². The number of halogens is 3. The summed E-state index contributed by atoms with van der Waals surface area (Å²) in [7, 11) is 0. The number of rotatable bonds is 5. The first-order valence-electron chi connectivity index (χ1n) is 13.3. The molecule has 1 spiro atoms. The van der Waals surface area contributed by atoms with Gasteiger partial charge in [-0.2, -0.15) is 13.2 Å². The molecule has 0 aliphatic carbocycles. The minimum atomic E-state index is -4.42. The van der Waals surface area contributed by atoms with E-state index in [0.717, 1.165) is 34.5 Å². The second-order valence-electron chi connectivity index (χ2n) is 10.4. The molecular weight excluding hydrogens is 549 g/mol. The summed E-state index contributed by atoms with van der Waals surface area (Å²) in [6.45, 7) is 0.539. The average molecular weight is 573 g/mol. The van der Waals surface area contributed by atoms with Crippen LogP contribution in [-0.2, 0) is 29.5 Å². The van der Waals surface area contributed by atoms with Crippen molar-refractivity contribution in [3.63, 3.8) is 0 Å². The Morgan fingerprint density at radius 2 is 1.60 bits per heavy atom. The van der Waals surface area contributed by atoms with Crippen LogP contribution in [0.25, 0.3) is 0 Å². The largest absolute Gasteiger partial charge is 0.491 e. The van der Waals surface area contributed by atoms with E-state index in [1.165, 1.54) is 12.1 Å². The van der Waals surface area contributed by atoms with Gasteiger partial charge in [0.25, 0.3) is 5.91 Å². The maximum absolute atomic E-state index is 14.2. The molecule has 0 bridgehead atoms. The smallest absolute Gasteiger partial charge is 0.416 e. The molecule has 4 aromatic rings. The normalized spacial score (nSPS) is 18.2. The number of ether oxygens (including phenoxy) is 3. The predicted molar refractivity (Wildman–Crippen MR) is 146 cm³/mol. The van der Waals surface area contributed by atoms with Crippen LogP contribution in [0.1, 0.15) is 38.2 Å². The van der Waals surface area contributed by atoms with E-state index in [2.05, 4.69) is 5.32 Å². The molecule has 10 heteroatoms. The molecule has 7 nitrogen and oxygen atoms in total. The standard InChI is InChI=1S/C32H23F3N2O5/c33-32(34,35)22-10-8-19(9-11-22)15-36-29(38)21-5-3-4-20(12-21)16-37-25-7-2-1-6-23(25)31(30(37)39)17-40-26-14-28-27(13-24(26)31)41-18-42-28/h1-14H,15-18H2,(H,36,38). The second-order valence-corrected chi connectivity index (χ2v) is 10.4. The Kier molecular flexibility index (Phi) is 5.89. The number of fused-ring (bicyclic) bond motifs is 5. The summed E-state index contributed by atoms with van der Waals surface area (Å²) in [5, 5.41) is 2.75. The highest BCUT2D eigenvalue weighted by molar-refractivity contribution is 6.11. The maximum Gasteiger partial charge on any atom is 0.416 e. The van der Waals surface area contributed by atoms with Gasteiger partial charge in [-0.15, -0.1) is 0 Å². The highest BCUT2D eigenvalue weighted by Crippen LogP contribution is 2.55. The van der Waals surface area contributed by atoms with Crippen molar-refractivity contribution in [2.24, 2.45) is 0 Å². The predicted octanol–water partition coefficient (Wildman–Crippen LogP) is 5.59. The molecule has 0 fully saturated rings. The third kappa shape index (κ3) is 4.13. The molecule has 0 saturated carbocycles. The first-order chi connectivity index (χ1) is 20.2. The number of carbonyl (C=O) groups is 2. The zero-order chi connectivity index (χ0) is 29.1. The number of amides is 2. The molecule has 212 valence electrons. The molecule has 1 N–H and O–H groups in total. The molecule has 0 aromatic heterocycles. The SMILES string of the molecule is O=C(NCc1ccc(C(F)(F)F)cc1)c1cccc(CN2C(=O)C3(COc4cc5c(cc43)OCO5)c3ccccc32)c1. The molecule has 0 saturated heterocycles. The molecule has 3 aliphatic rings. The minimum absolute atomic E-state index is 0.0690. The van der Waals surface area contributed by atoms with E-state index in [0.29, 0.717) is 28.4 Å². The molecule has 42 heavy (non-hydrogen) atoms. The molecule has 1 atom stereocenters. The van der Waals surface area contributed by atoms with Crippen molar-refractivity contribution in [3.8, 4) is 17.2 Å². The first-order valence-corrected chi connectivity index (χ1v) is 13.3. The molecule has 0 radical (unpaired) electrons. The third-order valence-corrected chi connectivity index (χ3v) is 7.91. The molecule has 3 heterocycles. The lowest BCUT2D eigenvalue weighted by Gasteiger charge is -2.23. The quantitative estimate of drug-likeness (QED) is 0.338. The Morgan fingerprint density at radius 1 is 0.833 bits per heavy atom. The fourth-order valence-corrected chi connectivity index (χ4v) is 5.81. The van der Waals surface area contributed by atoms with E-state index >= 15 is 0 Å². The fourth-order valence-electron chi connectivity index (χ4n) is 5.81. The van der Waals surface area contributed by atoms with Crippen molar-refractivity contribution in [1.82, 2.24) is 5.32 Å². The second kappa shape index (κ2) is 9.54. The van der Waals surface area contributed by atoms with Crippen molar-refractivity contribution < 1.29 is 37.0 Å². The minimum Gasteiger partial charge on any atom is -0.491 e. The van der Waals surface area contributed by atoms with E-state index in [9.17, 15) is 22.8 Å². The van der Waals surface area contributed by atoms with Gasteiger partial charge < -0.3 is 24.4 Å². The third-order valence-electron chi connectivity index (χ3n) is 7.91. The maximum atomic E-state index is 14.2. The van der Waals surface area contributed by atoms with Gasteiger partial charge in [-0.1, -0.05) is 42.5 Å². The monoisotopic (exact) mass is 572 g/mol. The van der Waals surface area contributed by atoms with Gasteiger partial charge in [0.2, 0.25) is 12.7 Å². The summed E-state index contributed by atoms with van der Waals surface area (Å²) in [5.74, 6) is 1.21. The van der Waals surface area contributed by atoms with E-state index < -0.39 is 17.2 Å². The Hall–Kier alpha value is -4.99. The number of benzene rings is 4. The van der Waals surface area contributed by atoms with E-state index in [-0.39, 0.29) is 38.3 Å². The summed E-state index contributed by atoms with van der Waals surface area (Å²) in [6, 6.07) is 22.8. The van der Waals surface area contributed by atoms with Crippen molar-refractivity contribution in [1.29, 1.82) is 0 Å². The summed E-state index contributed by atoms with van der Waals surface area (Å²) in [4.78, 5) is 28.9. The van der Waals surface area contributed by atoms with Crippen LogP contribution in [0.4, 0.5) is 18.9 Å². The molecule has 7 rings (SSSR count). The van der Waals surface area contributed by atoms with E-state index in [1.807, 2.05) is 36.4 Å². The van der Waals surface area contributed by atoms with E-state index in [1.54, 1.807) is 29.2 Å². The number of hydrogen-bond donors (Lipinski definition) is 1. The Bertz CT molecular complexity index is 1740. The Morgan fingerprint density at radius 3 is 2.38 bits per heavy atom. The zero-order valence-corrected chi connectivity index (χ0v) is 22.0. The van der Waals surface area contributed by atoms with Gasteiger partial charge in [-0.25, -0.2) is 0 Å². The van der Waals surface area contributed by atoms with Crippen molar-refractivity contribution >= 4 is 17.5 Å².